The smallest absolute Gasteiger partial charge is 0.211 e. The lowest BCUT2D eigenvalue weighted by molar-refractivity contribution is 0.579. The van der Waals surface area contributed by atoms with Crippen molar-refractivity contribution in [3.05, 3.63) is 42.0 Å². The van der Waals surface area contributed by atoms with Gasteiger partial charge in [0.05, 0.1) is 4.90 Å². The fourth-order valence-corrected chi connectivity index (χ4v) is 2.67. The second-order valence-electron chi connectivity index (χ2n) is 5.03. The summed E-state index contributed by atoms with van der Waals surface area (Å²) < 4.78 is 26.5. The Hall–Kier alpha value is -1.13. The Morgan fingerprint density at radius 2 is 1.84 bits per heavy atom. The second kappa shape index (κ2) is 7.46. The first-order chi connectivity index (χ1) is 8.92. The average Bonchev–Trinajstić information content (AvgIpc) is 2.34. The van der Waals surface area contributed by atoms with Crippen LogP contribution in [0.1, 0.15) is 32.3 Å². The summed E-state index contributed by atoms with van der Waals surface area (Å²) in [5, 5.41) is 0. The van der Waals surface area contributed by atoms with Gasteiger partial charge in [-0.3, -0.25) is 0 Å². The minimum Gasteiger partial charge on any atom is -0.211 e. The van der Waals surface area contributed by atoms with Gasteiger partial charge in [-0.15, -0.1) is 0 Å². The van der Waals surface area contributed by atoms with Crippen LogP contribution in [-0.2, 0) is 10.0 Å². The van der Waals surface area contributed by atoms with Gasteiger partial charge in [0.25, 0.3) is 0 Å². The van der Waals surface area contributed by atoms with Crippen LogP contribution in [0.5, 0.6) is 0 Å². The van der Waals surface area contributed by atoms with Crippen molar-refractivity contribution >= 4 is 10.0 Å². The summed E-state index contributed by atoms with van der Waals surface area (Å²) in [5.41, 5.74) is 1.05. The van der Waals surface area contributed by atoms with E-state index < -0.39 is 10.0 Å². The molecule has 0 bridgehead atoms. The summed E-state index contributed by atoms with van der Waals surface area (Å²) in [6.45, 7) is 6.65. The third kappa shape index (κ3) is 6.03. The fraction of sp³-hybridized carbons (Fsp3) is 0.467. The molecule has 19 heavy (non-hydrogen) atoms. The summed E-state index contributed by atoms with van der Waals surface area (Å²) in [5.74, 6) is 0.546. The molecule has 0 spiro atoms. The highest BCUT2D eigenvalue weighted by Gasteiger charge is 2.11. The minimum atomic E-state index is -3.35. The molecule has 0 aliphatic heterocycles. The van der Waals surface area contributed by atoms with Gasteiger partial charge >= 0.3 is 0 Å². The normalized spacial score (nSPS) is 12.4. The van der Waals surface area contributed by atoms with Gasteiger partial charge in [0.2, 0.25) is 10.0 Å². The maximum atomic E-state index is 12.0. The number of hydrogen-bond acceptors (Lipinski definition) is 2. The quantitative estimate of drug-likeness (QED) is 0.616. The molecule has 1 aromatic carbocycles. The van der Waals surface area contributed by atoms with Gasteiger partial charge in [0.15, 0.2) is 0 Å². The topological polar surface area (TPSA) is 46.2 Å². The van der Waals surface area contributed by atoms with Crippen LogP contribution in [0.3, 0.4) is 0 Å². The van der Waals surface area contributed by atoms with E-state index in [0.717, 1.165) is 18.4 Å². The van der Waals surface area contributed by atoms with Gasteiger partial charge in [-0.2, -0.15) is 0 Å². The lowest BCUT2D eigenvalue weighted by Gasteiger charge is -2.06. The molecule has 0 aromatic heterocycles. The molecule has 1 rings (SSSR count). The Morgan fingerprint density at radius 3 is 2.42 bits per heavy atom. The average molecular weight is 281 g/mol. The van der Waals surface area contributed by atoms with E-state index in [1.165, 1.54) is 0 Å². The second-order valence-corrected chi connectivity index (χ2v) is 6.79. The molecule has 1 N–H and O–H groups in total. The zero-order valence-electron chi connectivity index (χ0n) is 11.9. The number of unbranched alkanes of at least 4 members (excludes halogenated alkanes) is 1. The van der Waals surface area contributed by atoms with Crippen LogP contribution in [-0.4, -0.2) is 15.0 Å². The van der Waals surface area contributed by atoms with E-state index in [1.807, 2.05) is 6.92 Å². The minimum absolute atomic E-state index is 0.329. The van der Waals surface area contributed by atoms with E-state index in [0.29, 0.717) is 17.4 Å². The van der Waals surface area contributed by atoms with Crippen LogP contribution >= 0.6 is 0 Å². The highest BCUT2D eigenvalue weighted by atomic mass is 32.2. The van der Waals surface area contributed by atoms with Crippen molar-refractivity contribution in [3.8, 4) is 0 Å². The first kappa shape index (κ1) is 15.9. The van der Waals surface area contributed by atoms with Gasteiger partial charge in [-0.25, -0.2) is 13.1 Å². The monoisotopic (exact) mass is 281 g/mol. The maximum Gasteiger partial charge on any atom is 0.240 e. The van der Waals surface area contributed by atoms with Crippen molar-refractivity contribution < 1.29 is 8.42 Å². The molecule has 0 aliphatic rings. The Bertz CT molecular complexity index is 501. The zero-order valence-corrected chi connectivity index (χ0v) is 12.7. The van der Waals surface area contributed by atoms with E-state index in [4.69, 9.17) is 0 Å². The first-order valence-electron chi connectivity index (χ1n) is 6.65. The first-order valence-corrected chi connectivity index (χ1v) is 8.13. The van der Waals surface area contributed by atoms with Gasteiger partial charge in [0.1, 0.15) is 0 Å². The van der Waals surface area contributed by atoms with Crippen LogP contribution in [0.4, 0.5) is 0 Å². The highest BCUT2D eigenvalue weighted by molar-refractivity contribution is 7.89. The van der Waals surface area contributed by atoms with Crippen LogP contribution in [0.2, 0.25) is 0 Å². The van der Waals surface area contributed by atoms with Crippen molar-refractivity contribution in [2.45, 2.75) is 38.5 Å². The largest absolute Gasteiger partial charge is 0.240 e. The van der Waals surface area contributed by atoms with E-state index >= 15 is 0 Å². The Morgan fingerprint density at radius 1 is 1.21 bits per heavy atom. The Balaban J connectivity index is 2.41. The van der Waals surface area contributed by atoms with Gasteiger partial charge < -0.3 is 0 Å². The van der Waals surface area contributed by atoms with Crippen LogP contribution < -0.4 is 4.72 Å². The lowest BCUT2D eigenvalue weighted by Crippen LogP contribution is -2.24. The maximum absolute atomic E-state index is 12.0. The van der Waals surface area contributed by atoms with Gasteiger partial charge in [0, 0.05) is 6.54 Å². The van der Waals surface area contributed by atoms with E-state index in [2.05, 4.69) is 30.7 Å². The standard InChI is InChI=1S/C15H23NO2S/c1-13(2)7-5-4-6-12-16-19(17,18)15-10-8-14(3)9-11-15/h5,7-11,13,16H,4,6,12H2,1-3H3/b7-5+. The zero-order chi connectivity index (χ0) is 14.3. The molecule has 0 radical (unpaired) electrons. The van der Waals surface area contributed by atoms with E-state index in [1.54, 1.807) is 24.3 Å². The molecular weight excluding hydrogens is 258 g/mol. The van der Waals surface area contributed by atoms with E-state index in [9.17, 15) is 8.42 Å². The number of nitrogens with one attached hydrogen (secondary N) is 1. The molecule has 3 nitrogen and oxygen atoms in total. The summed E-state index contributed by atoms with van der Waals surface area (Å²) in [6, 6.07) is 6.88. The molecule has 0 amide bonds. The number of benzene rings is 1. The number of allylic oxidation sites excluding steroid dienone is 2. The lowest BCUT2D eigenvalue weighted by atomic mass is 10.2. The molecule has 0 saturated carbocycles. The molecule has 4 heteroatoms. The molecule has 0 unspecified atom stereocenters. The molecule has 106 valence electrons. The highest BCUT2D eigenvalue weighted by Crippen LogP contribution is 2.09. The predicted octanol–water partition coefficient (Wildman–Crippen LogP) is 3.27. The molecule has 1 aromatic rings. The van der Waals surface area contributed by atoms with Crippen molar-refractivity contribution in [2.75, 3.05) is 6.54 Å². The summed E-state index contributed by atoms with van der Waals surface area (Å²) in [4.78, 5) is 0.329. The van der Waals surface area contributed by atoms with Crippen molar-refractivity contribution in [1.82, 2.24) is 4.72 Å². The van der Waals surface area contributed by atoms with Crippen molar-refractivity contribution in [3.63, 3.8) is 0 Å². The molecule has 0 saturated heterocycles. The molecule has 0 heterocycles. The van der Waals surface area contributed by atoms with Crippen LogP contribution in [0.15, 0.2) is 41.3 Å². The van der Waals surface area contributed by atoms with Crippen molar-refractivity contribution in [1.29, 1.82) is 0 Å². The predicted molar refractivity (Wildman–Crippen MR) is 79.6 cm³/mol. The number of hydrogen-bond donors (Lipinski definition) is 1. The summed E-state index contributed by atoms with van der Waals surface area (Å²) in [7, 11) is -3.35. The Labute approximate surface area is 116 Å². The number of aryl methyl sites for hydroxylation is 1. The van der Waals surface area contributed by atoms with Crippen molar-refractivity contribution in [2.24, 2.45) is 5.92 Å². The summed E-state index contributed by atoms with van der Waals surface area (Å²) >= 11 is 0. The third-order valence-electron chi connectivity index (χ3n) is 2.69. The fourth-order valence-electron chi connectivity index (χ4n) is 1.60. The number of sulfonamides is 1. The molecule has 0 aliphatic carbocycles. The SMILES string of the molecule is Cc1ccc(S(=O)(=O)NCCC/C=C/C(C)C)cc1. The number of rotatable bonds is 7. The molecular formula is C15H23NO2S. The van der Waals surface area contributed by atoms with E-state index in [-0.39, 0.29) is 0 Å². The molecule has 0 fully saturated rings. The Kier molecular flexibility index (Phi) is 6.25. The van der Waals surface area contributed by atoms with Crippen LogP contribution in [0, 0.1) is 12.8 Å². The van der Waals surface area contributed by atoms with Gasteiger partial charge in [-0.05, 0) is 37.8 Å². The summed E-state index contributed by atoms with van der Waals surface area (Å²) in [6.07, 6.45) is 5.95. The van der Waals surface area contributed by atoms with Gasteiger partial charge in [-0.1, -0.05) is 43.7 Å². The third-order valence-corrected chi connectivity index (χ3v) is 4.17. The molecule has 0 atom stereocenters. The van der Waals surface area contributed by atoms with Crippen LogP contribution in [0.25, 0.3) is 0 Å².